The molecular formula is C14H20OS. The van der Waals surface area contributed by atoms with E-state index in [9.17, 15) is 0 Å². The van der Waals surface area contributed by atoms with Crippen molar-refractivity contribution in [3.8, 4) is 0 Å². The molecule has 0 bridgehead atoms. The zero-order valence-electron chi connectivity index (χ0n) is 10.3. The average Bonchev–Trinajstić information content (AvgIpc) is 2.70. The number of thioether (sulfide) groups is 1. The van der Waals surface area contributed by atoms with E-state index < -0.39 is 0 Å². The van der Waals surface area contributed by atoms with Gasteiger partial charge < -0.3 is 4.74 Å². The summed E-state index contributed by atoms with van der Waals surface area (Å²) >= 11 is 1.85. The summed E-state index contributed by atoms with van der Waals surface area (Å²) in [6.45, 7) is 7.66. The topological polar surface area (TPSA) is 9.23 Å². The first-order valence-electron chi connectivity index (χ1n) is 5.94. The molecule has 1 aromatic carbocycles. The molecule has 2 heteroatoms. The Labute approximate surface area is 103 Å². The normalized spacial score (nSPS) is 21.3. The van der Waals surface area contributed by atoms with Crippen molar-refractivity contribution in [1.82, 2.24) is 0 Å². The van der Waals surface area contributed by atoms with E-state index in [1.54, 1.807) is 0 Å². The molecule has 1 unspecified atom stereocenters. The molecule has 2 rings (SSSR count). The molecule has 0 aromatic heterocycles. The lowest BCUT2D eigenvalue weighted by Crippen LogP contribution is -2.10. The zero-order chi connectivity index (χ0) is 11.6. The smallest absolute Gasteiger partial charge is 0.107 e. The molecular weight excluding hydrogens is 216 g/mol. The van der Waals surface area contributed by atoms with Gasteiger partial charge in [0.15, 0.2) is 0 Å². The van der Waals surface area contributed by atoms with Gasteiger partial charge in [-0.25, -0.2) is 0 Å². The van der Waals surface area contributed by atoms with Crippen molar-refractivity contribution in [2.24, 2.45) is 0 Å². The van der Waals surface area contributed by atoms with Gasteiger partial charge >= 0.3 is 0 Å². The number of hydrogen-bond donors (Lipinski definition) is 0. The maximum absolute atomic E-state index is 5.62. The molecule has 0 aliphatic carbocycles. The highest BCUT2D eigenvalue weighted by molar-refractivity contribution is 7.99. The highest BCUT2D eigenvalue weighted by Crippen LogP contribution is 2.32. The predicted molar refractivity (Wildman–Crippen MR) is 70.0 cm³/mol. The highest BCUT2D eigenvalue weighted by Gasteiger charge is 2.17. The van der Waals surface area contributed by atoms with Gasteiger partial charge in [0.25, 0.3) is 0 Å². The lowest BCUT2D eigenvalue weighted by Gasteiger charge is -2.19. The summed E-state index contributed by atoms with van der Waals surface area (Å²) in [6.07, 6.45) is 2.39. The third kappa shape index (κ3) is 3.02. The summed E-state index contributed by atoms with van der Waals surface area (Å²) in [4.78, 5) is 1.32. The van der Waals surface area contributed by atoms with Crippen LogP contribution in [-0.4, -0.2) is 12.0 Å². The summed E-state index contributed by atoms with van der Waals surface area (Å²) in [5.74, 6) is 0. The second-order valence-corrected chi connectivity index (χ2v) is 6.57. The molecule has 1 saturated heterocycles. The van der Waals surface area contributed by atoms with Crippen molar-refractivity contribution in [1.29, 1.82) is 0 Å². The van der Waals surface area contributed by atoms with Crippen LogP contribution in [0.15, 0.2) is 29.2 Å². The summed E-state index contributed by atoms with van der Waals surface area (Å²) < 4.78 is 5.62. The average molecular weight is 236 g/mol. The Morgan fingerprint density at radius 3 is 2.38 bits per heavy atom. The first-order chi connectivity index (χ1) is 7.55. The van der Waals surface area contributed by atoms with Crippen LogP contribution in [0.3, 0.4) is 0 Å². The van der Waals surface area contributed by atoms with E-state index in [0.717, 1.165) is 6.61 Å². The molecule has 1 atom stereocenters. The Morgan fingerprint density at radius 1 is 1.19 bits per heavy atom. The van der Waals surface area contributed by atoms with E-state index in [0.29, 0.717) is 5.44 Å². The zero-order valence-corrected chi connectivity index (χ0v) is 11.1. The number of benzene rings is 1. The summed E-state index contributed by atoms with van der Waals surface area (Å²) in [5.41, 5.74) is 2.01. The Hall–Kier alpha value is -0.470. The summed E-state index contributed by atoms with van der Waals surface area (Å²) in [5, 5.41) is 0. The Morgan fingerprint density at radius 2 is 1.88 bits per heavy atom. The van der Waals surface area contributed by atoms with Crippen LogP contribution < -0.4 is 0 Å². The standard InChI is InChI=1S/C14H20OS/c1-14(2,3)11-6-8-12(9-7-11)16-13-5-4-10-15-13/h6-9,13H,4-5,10H2,1-3H3. The van der Waals surface area contributed by atoms with E-state index in [4.69, 9.17) is 4.74 Å². The summed E-state index contributed by atoms with van der Waals surface area (Å²) in [6, 6.07) is 8.90. The van der Waals surface area contributed by atoms with E-state index in [1.165, 1.54) is 23.3 Å². The van der Waals surface area contributed by atoms with Crippen LogP contribution in [0, 0.1) is 0 Å². The van der Waals surface area contributed by atoms with Crippen LogP contribution in [0.4, 0.5) is 0 Å². The lowest BCUT2D eigenvalue weighted by molar-refractivity contribution is 0.173. The summed E-state index contributed by atoms with van der Waals surface area (Å²) in [7, 11) is 0. The fraction of sp³-hybridized carbons (Fsp3) is 0.571. The molecule has 1 nitrogen and oxygen atoms in total. The van der Waals surface area contributed by atoms with Gasteiger partial charge in [0.1, 0.15) is 5.44 Å². The van der Waals surface area contributed by atoms with E-state index in [1.807, 2.05) is 11.8 Å². The van der Waals surface area contributed by atoms with Crippen molar-refractivity contribution in [2.75, 3.05) is 6.61 Å². The van der Waals surface area contributed by atoms with Gasteiger partial charge in [0.05, 0.1) is 0 Å². The van der Waals surface area contributed by atoms with Crippen LogP contribution in [-0.2, 0) is 10.2 Å². The van der Waals surface area contributed by atoms with Gasteiger partial charge in [-0.1, -0.05) is 44.7 Å². The molecule has 0 amide bonds. The maximum atomic E-state index is 5.62. The second-order valence-electron chi connectivity index (χ2n) is 5.33. The predicted octanol–water partition coefficient (Wildman–Crippen LogP) is 4.21. The fourth-order valence-corrected chi connectivity index (χ4v) is 2.87. The van der Waals surface area contributed by atoms with E-state index >= 15 is 0 Å². The molecule has 16 heavy (non-hydrogen) atoms. The molecule has 1 fully saturated rings. The van der Waals surface area contributed by atoms with E-state index in [-0.39, 0.29) is 5.41 Å². The third-order valence-corrected chi connectivity index (χ3v) is 4.05. The molecule has 1 aliphatic rings. The van der Waals surface area contributed by atoms with Crippen molar-refractivity contribution < 1.29 is 4.74 Å². The first kappa shape index (κ1) is 12.0. The molecule has 0 saturated carbocycles. The number of rotatable bonds is 2. The van der Waals surface area contributed by atoms with Gasteiger partial charge in [0, 0.05) is 11.5 Å². The minimum atomic E-state index is 0.243. The minimum Gasteiger partial charge on any atom is -0.367 e. The molecule has 0 spiro atoms. The fourth-order valence-electron chi connectivity index (χ4n) is 1.83. The van der Waals surface area contributed by atoms with Gasteiger partial charge in [-0.2, -0.15) is 0 Å². The van der Waals surface area contributed by atoms with Crippen molar-refractivity contribution in [3.05, 3.63) is 29.8 Å². The van der Waals surface area contributed by atoms with Crippen LogP contribution in [0.1, 0.15) is 39.2 Å². The second kappa shape index (κ2) is 4.80. The Bertz CT molecular complexity index is 331. The Kier molecular flexibility index (Phi) is 3.60. The largest absolute Gasteiger partial charge is 0.367 e. The molecule has 1 aliphatic heterocycles. The molecule has 0 radical (unpaired) electrons. The molecule has 88 valence electrons. The third-order valence-electron chi connectivity index (χ3n) is 2.88. The maximum Gasteiger partial charge on any atom is 0.107 e. The van der Waals surface area contributed by atoms with Gasteiger partial charge in [-0.15, -0.1) is 0 Å². The molecule has 1 heterocycles. The van der Waals surface area contributed by atoms with Gasteiger partial charge in [-0.3, -0.25) is 0 Å². The Balaban J connectivity index is 2.01. The lowest BCUT2D eigenvalue weighted by atomic mass is 9.87. The van der Waals surface area contributed by atoms with E-state index in [2.05, 4.69) is 45.0 Å². The van der Waals surface area contributed by atoms with Crippen molar-refractivity contribution in [2.45, 2.75) is 49.4 Å². The van der Waals surface area contributed by atoms with Gasteiger partial charge in [-0.05, 0) is 36.0 Å². The van der Waals surface area contributed by atoms with Crippen molar-refractivity contribution >= 4 is 11.8 Å². The SMILES string of the molecule is CC(C)(C)c1ccc(SC2CCCO2)cc1. The quantitative estimate of drug-likeness (QED) is 0.760. The monoisotopic (exact) mass is 236 g/mol. The first-order valence-corrected chi connectivity index (χ1v) is 6.82. The molecule has 0 N–H and O–H groups in total. The minimum absolute atomic E-state index is 0.243. The van der Waals surface area contributed by atoms with Gasteiger partial charge in [0.2, 0.25) is 0 Å². The highest BCUT2D eigenvalue weighted by atomic mass is 32.2. The van der Waals surface area contributed by atoms with Crippen LogP contribution >= 0.6 is 11.8 Å². The number of hydrogen-bond acceptors (Lipinski definition) is 2. The molecule has 1 aromatic rings. The van der Waals surface area contributed by atoms with Crippen LogP contribution in [0.2, 0.25) is 0 Å². The number of ether oxygens (including phenoxy) is 1. The van der Waals surface area contributed by atoms with Crippen molar-refractivity contribution in [3.63, 3.8) is 0 Å². The van der Waals surface area contributed by atoms with Crippen LogP contribution in [0.25, 0.3) is 0 Å². The van der Waals surface area contributed by atoms with Crippen LogP contribution in [0.5, 0.6) is 0 Å².